The molecule has 1 unspecified atom stereocenters. The number of halogens is 3. The minimum Gasteiger partial charge on any atom is -0.489 e. The average Bonchev–Trinajstić information content (AvgIpc) is 3.48. The molecule has 2 aliphatic rings. The second kappa shape index (κ2) is 11.3. The van der Waals surface area contributed by atoms with Gasteiger partial charge in [-0.25, -0.2) is 4.79 Å². The van der Waals surface area contributed by atoms with Crippen molar-refractivity contribution in [1.29, 1.82) is 0 Å². The Hall–Kier alpha value is -5.02. The molecular weight excluding hydrogens is 579 g/mol. The molecule has 2 amide bonds. The number of alkyl halides is 3. The number of hydrogen-bond donors (Lipinski definition) is 1. The third kappa shape index (κ3) is 6.90. The number of nitrogens with zero attached hydrogens (tertiary/aromatic N) is 5. The third-order valence-electron chi connectivity index (χ3n) is 7.05. The number of amides is 2. The fourth-order valence-corrected chi connectivity index (χ4v) is 5.03. The van der Waals surface area contributed by atoms with Crippen LogP contribution in [0.5, 0.6) is 17.5 Å². The third-order valence-corrected chi connectivity index (χ3v) is 7.05. The largest absolute Gasteiger partial charge is 0.573 e. The van der Waals surface area contributed by atoms with Crippen LogP contribution in [0, 0.1) is 10.1 Å². The summed E-state index contributed by atoms with van der Waals surface area (Å²) in [7, 11) is 0. The van der Waals surface area contributed by atoms with Crippen LogP contribution in [-0.4, -0.2) is 85.6 Å². The number of carboxylic acid groups (broad SMARTS) is 1. The van der Waals surface area contributed by atoms with Crippen LogP contribution in [0.2, 0.25) is 0 Å². The first kappa shape index (κ1) is 29.5. The summed E-state index contributed by atoms with van der Waals surface area (Å²) in [6.45, 7) is 2.52. The highest BCUT2D eigenvalue weighted by Crippen LogP contribution is 2.31. The number of ether oxygens (including phenoxy) is 3. The van der Waals surface area contributed by atoms with Crippen molar-refractivity contribution in [2.24, 2.45) is 0 Å². The number of carbonyl (C=O) groups excluding carboxylic acids is 1. The zero-order chi connectivity index (χ0) is 30.9. The zero-order valence-electron chi connectivity index (χ0n) is 22.7. The lowest BCUT2D eigenvalue weighted by Crippen LogP contribution is -2.57. The standard InChI is InChI=1S/C27H26F3N5O8/c1-26(15-33-14-22(35(39)40)31-24(33)43-26)16-41-20-8-4-18(5-9-20)23(36)32-10-11-34(25(37)38)19(13-32)12-17-2-6-21(7-3-17)42-27(28,29)30/h2-9,14,19H,10-13,15-16H2,1H3,(H,37,38)/t19-,26?/m1/s1. The van der Waals surface area contributed by atoms with Gasteiger partial charge in [-0.2, -0.15) is 0 Å². The Bertz CT molecular complexity index is 1490. The van der Waals surface area contributed by atoms with Gasteiger partial charge in [-0.1, -0.05) is 12.1 Å². The molecule has 1 fully saturated rings. The van der Waals surface area contributed by atoms with Crippen molar-refractivity contribution in [3.8, 4) is 17.5 Å². The quantitative estimate of drug-likeness (QED) is 0.297. The van der Waals surface area contributed by atoms with Crippen LogP contribution in [0.15, 0.2) is 54.7 Å². The van der Waals surface area contributed by atoms with Gasteiger partial charge >= 0.3 is 24.3 Å². The molecule has 0 bridgehead atoms. The fraction of sp³-hybridized carbons (Fsp3) is 0.370. The number of imidazole rings is 1. The number of aromatic nitrogens is 2. The molecule has 1 N–H and O–H groups in total. The lowest BCUT2D eigenvalue weighted by atomic mass is 10.0. The number of carbonyl (C=O) groups is 2. The van der Waals surface area contributed by atoms with Crippen LogP contribution in [-0.2, 0) is 13.0 Å². The summed E-state index contributed by atoms with van der Waals surface area (Å²) in [6.07, 6.45) is -4.50. The van der Waals surface area contributed by atoms with Gasteiger partial charge in [0.25, 0.3) is 5.91 Å². The van der Waals surface area contributed by atoms with Gasteiger partial charge in [0.1, 0.15) is 24.3 Å². The summed E-state index contributed by atoms with van der Waals surface area (Å²) in [4.78, 5) is 42.0. The smallest absolute Gasteiger partial charge is 0.489 e. The van der Waals surface area contributed by atoms with Crippen LogP contribution < -0.4 is 14.2 Å². The van der Waals surface area contributed by atoms with E-state index in [-0.39, 0.29) is 56.1 Å². The lowest BCUT2D eigenvalue weighted by molar-refractivity contribution is -0.389. The van der Waals surface area contributed by atoms with E-state index in [0.717, 1.165) is 12.1 Å². The molecule has 2 aromatic carbocycles. The Morgan fingerprint density at radius 2 is 1.81 bits per heavy atom. The van der Waals surface area contributed by atoms with E-state index in [0.29, 0.717) is 23.4 Å². The number of fused-ring (bicyclic) bond motifs is 1. The summed E-state index contributed by atoms with van der Waals surface area (Å²) in [5.41, 5.74) is 0.138. The molecule has 1 aromatic heterocycles. The van der Waals surface area contributed by atoms with E-state index in [1.165, 1.54) is 32.7 Å². The topological polar surface area (TPSA) is 150 Å². The molecule has 13 nitrogen and oxygen atoms in total. The molecule has 0 saturated carbocycles. The van der Waals surface area contributed by atoms with Crippen LogP contribution in [0.25, 0.3) is 0 Å². The summed E-state index contributed by atoms with van der Waals surface area (Å²) in [5, 5.41) is 20.6. The Kier molecular flexibility index (Phi) is 7.77. The molecule has 2 aliphatic heterocycles. The van der Waals surface area contributed by atoms with Gasteiger partial charge in [0.2, 0.25) is 0 Å². The molecule has 0 aliphatic carbocycles. The van der Waals surface area contributed by atoms with E-state index in [9.17, 15) is 38.0 Å². The Balaban J connectivity index is 1.18. The highest BCUT2D eigenvalue weighted by molar-refractivity contribution is 5.94. The van der Waals surface area contributed by atoms with Gasteiger partial charge in [-0.05, 0) is 60.2 Å². The van der Waals surface area contributed by atoms with Crippen LogP contribution >= 0.6 is 0 Å². The Morgan fingerprint density at radius 1 is 1.14 bits per heavy atom. The second-order valence-electron chi connectivity index (χ2n) is 10.4. The highest BCUT2D eigenvalue weighted by Gasteiger charge is 2.41. The van der Waals surface area contributed by atoms with Gasteiger partial charge in [0.15, 0.2) is 5.60 Å². The van der Waals surface area contributed by atoms with Crippen LogP contribution in [0.4, 0.5) is 23.8 Å². The molecule has 3 aromatic rings. The molecular formula is C27H26F3N5O8. The van der Waals surface area contributed by atoms with E-state index in [1.54, 1.807) is 31.2 Å². The average molecular weight is 606 g/mol. The lowest BCUT2D eigenvalue weighted by Gasteiger charge is -2.40. The Morgan fingerprint density at radius 3 is 2.42 bits per heavy atom. The summed E-state index contributed by atoms with van der Waals surface area (Å²) >= 11 is 0. The number of benzene rings is 2. The van der Waals surface area contributed by atoms with Gasteiger partial charge in [0, 0.05) is 30.2 Å². The number of piperazine rings is 1. The normalized spacial score (nSPS) is 19.9. The summed E-state index contributed by atoms with van der Waals surface area (Å²) in [5.74, 6) is -0.540. The highest BCUT2D eigenvalue weighted by atomic mass is 19.4. The van der Waals surface area contributed by atoms with Crippen molar-refractivity contribution in [3.05, 3.63) is 76.0 Å². The molecule has 16 heteroatoms. The van der Waals surface area contributed by atoms with E-state index in [1.807, 2.05) is 0 Å². The first-order valence-corrected chi connectivity index (χ1v) is 13.1. The maximum atomic E-state index is 13.3. The van der Waals surface area contributed by atoms with Gasteiger partial charge < -0.3 is 39.2 Å². The van der Waals surface area contributed by atoms with Gasteiger partial charge in [0.05, 0.1) is 12.6 Å². The number of rotatable bonds is 8. The number of nitro groups is 1. The van der Waals surface area contributed by atoms with E-state index in [2.05, 4.69) is 9.72 Å². The maximum Gasteiger partial charge on any atom is 0.573 e. The van der Waals surface area contributed by atoms with E-state index in [4.69, 9.17) is 9.47 Å². The van der Waals surface area contributed by atoms with Crippen molar-refractivity contribution in [1.82, 2.24) is 19.4 Å². The SMILES string of the molecule is CC1(COc2ccc(C(=O)N3CCN(C(=O)O)[C@H](Cc4ccc(OC(F)(F)F)cc4)C3)cc2)Cn2cc([N+](=O)[O-])nc2O1. The number of hydrogen-bond acceptors (Lipinski definition) is 8. The van der Waals surface area contributed by atoms with Crippen molar-refractivity contribution < 1.29 is 47.0 Å². The first-order valence-electron chi connectivity index (χ1n) is 13.1. The summed E-state index contributed by atoms with van der Waals surface area (Å²) in [6, 6.07) is 11.1. The molecule has 1 saturated heterocycles. The van der Waals surface area contributed by atoms with Crippen molar-refractivity contribution >= 4 is 17.8 Å². The van der Waals surface area contributed by atoms with Crippen LogP contribution in [0.3, 0.4) is 0 Å². The molecule has 228 valence electrons. The summed E-state index contributed by atoms with van der Waals surface area (Å²) < 4.78 is 54.4. The van der Waals surface area contributed by atoms with Gasteiger partial charge in [-0.15, -0.1) is 13.2 Å². The molecule has 3 heterocycles. The van der Waals surface area contributed by atoms with Crippen molar-refractivity contribution in [3.63, 3.8) is 0 Å². The monoisotopic (exact) mass is 605 g/mol. The predicted octanol–water partition coefficient (Wildman–Crippen LogP) is 3.97. The molecule has 43 heavy (non-hydrogen) atoms. The van der Waals surface area contributed by atoms with Crippen LogP contribution in [0.1, 0.15) is 22.8 Å². The minimum absolute atomic E-state index is 0.0709. The first-order chi connectivity index (χ1) is 20.3. The molecule has 0 radical (unpaired) electrons. The fourth-order valence-electron chi connectivity index (χ4n) is 5.03. The second-order valence-corrected chi connectivity index (χ2v) is 10.4. The Labute approximate surface area is 242 Å². The molecule has 5 rings (SSSR count). The zero-order valence-corrected chi connectivity index (χ0v) is 22.7. The van der Waals surface area contributed by atoms with Gasteiger partial charge in [-0.3, -0.25) is 9.36 Å². The maximum absolute atomic E-state index is 13.3. The van der Waals surface area contributed by atoms with Crippen molar-refractivity contribution in [2.45, 2.75) is 37.9 Å². The molecule has 0 spiro atoms. The van der Waals surface area contributed by atoms with E-state index >= 15 is 0 Å². The molecule has 2 atom stereocenters. The minimum atomic E-state index is -4.82. The van der Waals surface area contributed by atoms with Crippen molar-refractivity contribution in [2.75, 3.05) is 26.2 Å². The predicted molar refractivity (Wildman–Crippen MR) is 141 cm³/mol. The van der Waals surface area contributed by atoms with E-state index < -0.39 is 29.0 Å².